The largest absolute Gasteiger partial charge is 0.396 e. The van der Waals surface area contributed by atoms with Gasteiger partial charge in [-0.3, -0.25) is 4.79 Å². The molecule has 1 heterocycles. The average Bonchev–Trinajstić information content (AvgIpc) is 2.47. The number of carbonyl (C=O) groups is 1. The summed E-state index contributed by atoms with van der Waals surface area (Å²) in [5.41, 5.74) is 1.63. The van der Waals surface area contributed by atoms with E-state index in [1.807, 2.05) is 38.1 Å². The molecule has 0 radical (unpaired) electrons. The molecule has 1 aromatic carbocycles. The minimum Gasteiger partial charge on any atom is -0.396 e. The molecule has 3 heteroatoms. The van der Waals surface area contributed by atoms with Gasteiger partial charge in [0.1, 0.15) is 0 Å². The third kappa shape index (κ3) is 1.52. The third-order valence-electron chi connectivity index (χ3n) is 3.19. The molecule has 0 bridgehead atoms. The van der Waals surface area contributed by atoms with Crippen molar-refractivity contribution in [1.82, 2.24) is 0 Å². The van der Waals surface area contributed by atoms with Gasteiger partial charge in [-0.05, 0) is 31.9 Å². The minimum absolute atomic E-state index is 0.117. The summed E-state index contributed by atoms with van der Waals surface area (Å²) in [5.74, 6) is 0.127. The Morgan fingerprint density at radius 3 is 2.69 bits per heavy atom. The number of benzene rings is 1. The number of hydrogen-bond donors (Lipinski definition) is 1. The lowest BCUT2D eigenvalue weighted by Crippen LogP contribution is -2.36. The van der Waals surface area contributed by atoms with Gasteiger partial charge in [0, 0.05) is 18.8 Å². The van der Waals surface area contributed by atoms with Gasteiger partial charge in [-0.1, -0.05) is 18.2 Å². The summed E-state index contributed by atoms with van der Waals surface area (Å²) in [6.45, 7) is 4.61. The van der Waals surface area contributed by atoms with E-state index < -0.39 is 5.41 Å². The lowest BCUT2D eigenvalue weighted by Gasteiger charge is -2.19. The fourth-order valence-corrected chi connectivity index (χ4v) is 2.25. The van der Waals surface area contributed by atoms with Crippen LogP contribution in [0.1, 0.15) is 25.8 Å². The number of anilines is 1. The maximum atomic E-state index is 12.2. The lowest BCUT2D eigenvalue weighted by atomic mass is 9.86. The monoisotopic (exact) mass is 219 g/mol. The highest BCUT2D eigenvalue weighted by Crippen LogP contribution is 2.41. The Kier molecular flexibility index (Phi) is 2.72. The maximum absolute atomic E-state index is 12.2. The predicted molar refractivity (Wildman–Crippen MR) is 63.5 cm³/mol. The number of carbonyl (C=O) groups excluding carboxylic acids is 1. The highest BCUT2D eigenvalue weighted by Gasteiger charge is 2.42. The van der Waals surface area contributed by atoms with Gasteiger partial charge in [-0.2, -0.15) is 0 Å². The van der Waals surface area contributed by atoms with E-state index in [1.165, 1.54) is 0 Å². The highest BCUT2D eigenvalue weighted by molar-refractivity contribution is 6.07. The molecule has 1 aromatic rings. The van der Waals surface area contributed by atoms with Crippen LogP contribution in [0.15, 0.2) is 24.3 Å². The van der Waals surface area contributed by atoms with E-state index in [0.29, 0.717) is 13.0 Å². The van der Waals surface area contributed by atoms with Gasteiger partial charge in [-0.25, -0.2) is 0 Å². The van der Waals surface area contributed by atoms with Gasteiger partial charge >= 0.3 is 0 Å². The molecule has 0 spiro atoms. The second-order valence-electron chi connectivity index (χ2n) is 4.68. The summed E-state index contributed by atoms with van der Waals surface area (Å²) in [7, 11) is 0. The molecule has 1 N–H and O–H groups in total. The third-order valence-corrected chi connectivity index (χ3v) is 3.19. The molecule has 1 amide bonds. The highest BCUT2D eigenvalue weighted by atomic mass is 16.3. The maximum Gasteiger partial charge on any atom is 0.237 e. The first-order chi connectivity index (χ1) is 7.59. The average molecular weight is 219 g/mol. The van der Waals surface area contributed by atoms with Crippen molar-refractivity contribution < 1.29 is 9.90 Å². The Balaban J connectivity index is 2.39. The quantitative estimate of drug-likeness (QED) is 0.840. The number of fused-ring (bicyclic) bond motifs is 1. The zero-order chi connectivity index (χ0) is 11.8. The van der Waals surface area contributed by atoms with Crippen LogP contribution in [-0.4, -0.2) is 24.2 Å². The van der Waals surface area contributed by atoms with Crippen LogP contribution in [0.5, 0.6) is 0 Å². The van der Waals surface area contributed by atoms with Crippen molar-refractivity contribution in [3.8, 4) is 0 Å². The van der Waals surface area contributed by atoms with Crippen molar-refractivity contribution in [3.05, 3.63) is 29.8 Å². The lowest BCUT2D eigenvalue weighted by molar-refractivity contribution is -0.122. The Labute approximate surface area is 95.7 Å². The van der Waals surface area contributed by atoms with E-state index in [2.05, 4.69) is 0 Å². The van der Waals surface area contributed by atoms with Crippen LogP contribution >= 0.6 is 0 Å². The molecule has 3 nitrogen and oxygen atoms in total. The fourth-order valence-electron chi connectivity index (χ4n) is 2.25. The number of para-hydroxylation sites is 1. The van der Waals surface area contributed by atoms with Crippen molar-refractivity contribution in [2.45, 2.75) is 25.7 Å². The van der Waals surface area contributed by atoms with Gasteiger partial charge in [0.05, 0.1) is 5.41 Å². The molecule has 0 fully saturated rings. The van der Waals surface area contributed by atoms with Crippen molar-refractivity contribution in [3.63, 3.8) is 0 Å². The van der Waals surface area contributed by atoms with Gasteiger partial charge in [-0.15, -0.1) is 0 Å². The summed E-state index contributed by atoms with van der Waals surface area (Å²) in [6, 6.07) is 7.88. The second-order valence-corrected chi connectivity index (χ2v) is 4.68. The van der Waals surface area contributed by atoms with Crippen LogP contribution in [0.4, 0.5) is 5.69 Å². The van der Waals surface area contributed by atoms with E-state index in [-0.39, 0.29) is 12.5 Å². The normalized spacial score (nSPS) is 17.7. The first-order valence-corrected chi connectivity index (χ1v) is 5.61. The summed E-state index contributed by atoms with van der Waals surface area (Å²) in [4.78, 5) is 14.0. The summed E-state index contributed by atoms with van der Waals surface area (Å²) in [6.07, 6.45) is 0.621. The topological polar surface area (TPSA) is 40.5 Å². The molecular formula is C13H17NO2. The van der Waals surface area contributed by atoms with Crippen molar-refractivity contribution in [2.24, 2.45) is 0 Å². The predicted octanol–water partition coefficient (Wildman–Crippen LogP) is 1.69. The zero-order valence-corrected chi connectivity index (χ0v) is 9.73. The Morgan fingerprint density at radius 1 is 1.31 bits per heavy atom. The molecule has 0 saturated heterocycles. The molecule has 0 unspecified atom stereocenters. The second kappa shape index (κ2) is 3.91. The van der Waals surface area contributed by atoms with Gasteiger partial charge < -0.3 is 10.0 Å². The summed E-state index contributed by atoms with van der Waals surface area (Å²) in [5, 5.41) is 8.85. The van der Waals surface area contributed by atoms with Crippen LogP contribution in [0.25, 0.3) is 0 Å². The Bertz CT molecular complexity index is 412. The first-order valence-electron chi connectivity index (χ1n) is 5.61. The van der Waals surface area contributed by atoms with Crippen LogP contribution in [-0.2, 0) is 10.2 Å². The van der Waals surface area contributed by atoms with E-state index in [0.717, 1.165) is 11.3 Å². The van der Waals surface area contributed by atoms with Crippen molar-refractivity contribution >= 4 is 11.6 Å². The van der Waals surface area contributed by atoms with Gasteiger partial charge in [0.2, 0.25) is 5.91 Å². The van der Waals surface area contributed by atoms with E-state index in [9.17, 15) is 4.79 Å². The van der Waals surface area contributed by atoms with Crippen molar-refractivity contribution in [1.29, 1.82) is 0 Å². The Morgan fingerprint density at radius 2 is 2.00 bits per heavy atom. The molecule has 16 heavy (non-hydrogen) atoms. The SMILES string of the molecule is CC1(C)C(=O)N(CCCO)c2ccccc21. The molecule has 2 rings (SSSR count). The molecule has 0 saturated carbocycles. The molecule has 1 aliphatic rings. The van der Waals surface area contributed by atoms with Crippen LogP contribution < -0.4 is 4.90 Å². The minimum atomic E-state index is -0.438. The number of rotatable bonds is 3. The molecule has 86 valence electrons. The number of hydrogen-bond acceptors (Lipinski definition) is 2. The number of aliphatic hydroxyl groups is 1. The van der Waals surface area contributed by atoms with Crippen LogP contribution in [0.3, 0.4) is 0 Å². The van der Waals surface area contributed by atoms with E-state index >= 15 is 0 Å². The van der Waals surface area contributed by atoms with Crippen LogP contribution in [0.2, 0.25) is 0 Å². The standard InChI is InChI=1S/C13H17NO2/c1-13(2)10-6-3-4-7-11(10)14(12(13)16)8-5-9-15/h3-4,6-7,15H,5,8-9H2,1-2H3. The smallest absolute Gasteiger partial charge is 0.237 e. The molecule has 0 atom stereocenters. The van der Waals surface area contributed by atoms with E-state index in [4.69, 9.17) is 5.11 Å². The number of nitrogens with zero attached hydrogens (tertiary/aromatic N) is 1. The Hall–Kier alpha value is -1.35. The molecule has 0 aromatic heterocycles. The fraction of sp³-hybridized carbons (Fsp3) is 0.462. The molecule has 0 aliphatic carbocycles. The summed E-state index contributed by atoms with van der Waals surface area (Å²) < 4.78 is 0. The van der Waals surface area contributed by atoms with Gasteiger partial charge in [0.25, 0.3) is 0 Å². The number of amides is 1. The number of aliphatic hydroxyl groups excluding tert-OH is 1. The summed E-state index contributed by atoms with van der Waals surface area (Å²) >= 11 is 0. The molecular weight excluding hydrogens is 202 g/mol. The van der Waals surface area contributed by atoms with E-state index in [1.54, 1.807) is 4.90 Å². The first kappa shape index (κ1) is 11.1. The van der Waals surface area contributed by atoms with Gasteiger partial charge in [0.15, 0.2) is 0 Å². The van der Waals surface area contributed by atoms with Crippen LogP contribution in [0, 0.1) is 0 Å². The molecule has 1 aliphatic heterocycles. The van der Waals surface area contributed by atoms with Crippen molar-refractivity contribution in [2.75, 3.05) is 18.1 Å². The zero-order valence-electron chi connectivity index (χ0n) is 9.73.